The van der Waals surface area contributed by atoms with E-state index in [1.54, 1.807) is 33.8 Å². The maximum atomic E-state index is 11.9. The Morgan fingerprint density at radius 2 is 2.05 bits per heavy atom. The molecule has 1 aliphatic heterocycles. The molecule has 0 aromatic carbocycles. The lowest BCUT2D eigenvalue weighted by atomic mass is 9.98. The van der Waals surface area contributed by atoms with Gasteiger partial charge in [0.05, 0.1) is 13.0 Å². The Hall–Kier alpha value is -1.85. The van der Waals surface area contributed by atoms with Crippen LogP contribution in [-0.4, -0.2) is 35.1 Å². The molecule has 1 heterocycles. The topological polar surface area (TPSA) is 72.9 Å². The normalized spacial score (nSPS) is 18.9. The van der Waals surface area contributed by atoms with Gasteiger partial charge in [-0.2, -0.15) is 0 Å². The van der Waals surface area contributed by atoms with Crippen molar-refractivity contribution in [1.82, 2.24) is 4.90 Å². The summed E-state index contributed by atoms with van der Waals surface area (Å²) in [4.78, 5) is 36.0. The first-order valence-electron chi connectivity index (χ1n) is 6.62. The van der Waals surface area contributed by atoms with E-state index in [0.717, 1.165) is 4.90 Å². The van der Waals surface area contributed by atoms with Crippen molar-refractivity contribution in [3.8, 4) is 0 Å². The van der Waals surface area contributed by atoms with Gasteiger partial charge >= 0.3 is 12.1 Å². The van der Waals surface area contributed by atoms with Gasteiger partial charge in [-0.05, 0) is 33.6 Å². The van der Waals surface area contributed by atoms with Crippen LogP contribution in [-0.2, 0) is 19.1 Å². The lowest BCUT2D eigenvalue weighted by Gasteiger charge is -2.27. The van der Waals surface area contributed by atoms with E-state index in [1.165, 1.54) is 6.20 Å². The molecule has 1 unspecified atom stereocenters. The largest absolute Gasteiger partial charge is 0.466 e. The molecule has 6 heteroatoms. The van der Waals surface area contributed by atoms with Gasteiger partial charge in [0.15, 0.2) is 0 Å². The first-order valence-corrected chi connectivity index (χ1v) is 6.62. The molecule has 1 aliphatic rings. The average molecular weight is 283 g/mol. The van der Waals surface area contributed by atoms with E-state index < -0.39 is 11.7 Å². The maximum Gasteiger partial charge on any atom is 0.421 e. The van der Waals surface area contributed by atoms with Crippen molar-refractivity contribution in [1.29, 1.82) is 0 Å². The first kappa shape index (κ1) is 16.2. The van der Waals surface area contributed by atoms with Crippen LogP contribution in [0.3, 0.4) is 0 Å². The highest BCUT2D eigenvalue weighted by molar-refractivity contribution is 5.94. The number of allylic oxidation sites excluding steroid dienone is 1. The number of hydrogen-bond donors (Lipinski definition) is 0. The summed E-state index contributed by atoms with van der Waals surface area (Å²) >= 11 is 0. The Morgan fingerprint density at radius 3 is 2.55 bits per heavy atom. The second-order valence-corrected chi connectivity index (χ2v) is 5.56. The van der Waals surface area contributed by atoms with Gasteiger partial charge < -0.3 is 9.47 Å². The number of carbonyl (C=O) groups excluding carboxylic acids is 3. The number of esters is 1. The van der Waals surface area contributed by atoms with Gasteiger partial charge in [-0.15, -0.1) is 0 Å². The van der Waals surface area contributed by atoms with Crippen molar-refractivity contribution in [2.45, 2.75) is 46.1 Å². The molecule has 0 N–H and O–H groups in total. The summed E-state index contributed by atoms with van der Waals surface area (Å²) in [5.74, 6) is -0.961. The summed E-state index contributed by atoms with van der Waals surface area (Å²) in [6.07, 6.45) is 2.55. The predicted molar refractivity (Wildman–Crippen MR) is 71.6 cm³/mol. The van der Waals surface area contributed by atoms with E-state index in [-0.39, 0.29) is 30.6 Å². The minimum atomic E-state index is -0.701. The molecule has 0 saturated heterocycles. The average Bonchev–Trinajstić information content (AvgIpc) is 2.26. The molecule has 2 amide bonds. The second-order valence-electron chi connectivity index (χ2n) is 5.56. The van der Waals surface area contributed by atoms with Gasteiger partial charge in [0.2, 0.25) is 5.91 Å². The Balaban J connectivity index is 2.61. The van der Waals surface area contributed by atoms with Gasteiger partial charge in [-0.3, -0.25) is 9.59 Å². The fourth-order valence-corrected chi connectivity index (χ4v) is 1.73. The van der Waals surface area contributed by atoms with Crippen molar-refractivity contribution in [3.63, 3.8) is 0 Å². The number of rotatable bonds is 3. The maximum absolute atomic E-state index is 11.9. The zero-order chi connectivity index (χ0) is 15.3. The Labute approximate surface area is 118 Å². The van der Waals surface area contributed by atoms with Gasteiger partial charge in [-0.1, -0.05) is 6.08 Å². The number of imide groups is 1. The highest BCUT2D eigenvalue weighted by atomic mass is 16.6. The summed E-state index contributed by atoms with van der Waals surface area (Å²) in [6, 6.07) is 0. The summed E-state index contributed by atoms with van der Waals surface area (Å²) < 4.78 is 9.96. The van der Waals surface area contributed by atoms with Crippen LogP contribution in [0.1, 0.15) is 40.5 Å². The lowest BCUT2D eigenvalue weighted by molar-refractivity contribution is -0.144. The second kappa shape index (κ2) is 6.54. The van der Waals surface area contributed by atoms with Crippen LogP contribution >= 0.6 is 0 Å². The van der Waals surface area contributed by atoms with E-state index in [2.05, 4.69) is 0 Å². The van der Waals surface area contributed by atoms with E-state index in [1.807, 2.05) is 0 Å². The summed E-state index contributed by atoms with van der Waals surface area (Å²) in [5, 5.41) is 0. The summed E-state index contributed by atoms with van der Waals surface area (Å²) in [7, 11) is 0. The van der Waals surface area contributed by atoms with E-state index in [4.69, 9.17) is 9.47 Å². The zero-order valence-electron chi connectivity index (χ0n) is 12.3. The molecule has 1 rings (SSSR count). The molecular weight excluding hydrogens is 262 g/mol. The van der Waals surface area contributed by atoms with Crippen molar-refractivity contribution < 1.29 is 23.9 Å². The SMILES string of the molecule is CCOC(=O)CC1C=CN(C(=O)OC(C)(C)C)C(=O)C1. The quantitative estimate of drug-likeness (QED) is 0.743. The minimum Gasteiger partial charge on any atom is -0.466 e. The molecule has 0 aliphatic carbocycles. The van der Waals surface area contributed by atoms with Crippen molar-refractivity contribution in [3.05, 3.63) is 12.3 Å². The molecule has 0 fully saturated rings. The molecule has 20 heavy (non-hydrogen) atoms. The molecule has 0 radical (unpaired) electrons. The third-order valence-electron chi connectivity index (χ3n) is 2.54. The Kier molecular flexibility index (Phi) is 5.30. The van der Waals surface area contributed by atoms with Crippen molar-refractivity contribution >= 4 is 18.0 Å². The van der Waals surface area contributed by atoms with Crippen molar-refractivity contribution in [2.75, 3.05) is 6.61 Å². The smallest absolute Gasteiger partial charge is 0.421 e. The summed E-state index contributed by atoms with van der Waals surface area (Å²) in [6.45, 7) is 7.23. The van der Waals surface area contributed by atoms with Crippen LogP contribution in [0.4, 0.5) is 4.79 Å². The molecule has 0 aromatic heterocycles. The first-order chi connectivity index (χ1) is 9.23. The van der Waals surface area contributed by atoms with E-state index in [0.29, 0.717) is 6.61 Å². The summed E-state index contributed by atoms with van der Waals surface area (Å²) in [5.41, 5.74) is -0.660. The molecule has 0 aromatic rings. The monoisotopic (exact) mass is 283 g/mol. The number of carbonyl (C=O) groups is 3. The van der Waals surface area contributed by atoms with Gasteiger partial charge in [-0.25, -0.2) is 9.69 Å². The van der Waals surface area contributed by atoms with Crippen LogP contribution in [0.2, 0.25) is 0 Å². The molecule has 1 atom stereocenters. The van der Waals surface area contributed by atoms with Crippen LogP contribution < -0.4 is 0 Å². The van der Waals surface area contributed by atoms with Crippen LogP contribution in [0, 0.1) is 5.92 Å². The molecular formula is C14H21NO5. The number of ether oxygens (including phenoxy) is 2. The van der Waals surface area contributed by atoms with E-state index >= 15 is 0 Å². The highest BCUT2D eigenvalue weighted by Gasteiger charge is 2.30. The third-order valence-corrected chi connectivity index (χ3v) is 2.54. The number of nitrogens with zero attached hydrogens (tertiary/aromatic N) is 1. The lowest BCUT2D eigenvalue weighted by Crippen LogP contribution is -2.40. The molecule has 112 valence electrons. The van der Waals surface area contributed by atoms with Gasteiger partial charge in [0, 0.05) is 12.6 Å². The van der Waals surface area contributed by atoms with Crippen LogP contribution in [0.25, 0.3) is 0 Å². The van der Waals surface area contributed by atoms with Crippen LogP contribution in [0.15, 0.2) is 12.3 Å². The number of amides is 2. The Bertz CT molecular complexity index is 422. The molecule has 6 nitrogen and oxygen atoms in total. The zero-order valence-corrected chi connectivity index (χ0v) is 12.3. The predicted octanol–water partition coefficient (Wildman–Crippen LogP) is 2.24. The minimum absolute atomic E-state index is 0.0918. The standard InChI is InChI=1S/C14H21NO5/c1-5-19-12(17)9-10-6-7-15(11(16)8-10)13(18)20-14(2,3)4/h6-7,10H,5,8-9H2,1-4H3. The van der Waals surface area contributed by atoms with Gasteiger partial charge in [0.1, 0.15) is 5.60 Å². The highest BCUT2D eigenvalue weighted by Crippen LogP contribution is 2.21. The molecule has 0 bridgehead atoms. The Morgan fingerprint density at radius 1 is 1.40 bits per heavy atom. The molecule has 0 spiro atoms. The third kappa shape index (κ3) is 5.03. The van der Waals surface area contributed by atoms with E-state index in [9.17, 15) is 14.4 Å². The number of hydrogen-bond acceptors (Lipinski definition) is 5. The fourth-order valence-electron chi connectivity index (χ4n) is 1.73. The van der Waals surface area contributed by atoms with Crippen molar-refractivity contribution in [2.24, 2.45) is 5.92 Å². The van der Waals surface area contributed by atoms with Crippen LogP contribution in [0.5, 0.6) is 0 Å². The van der Waals surface area contributed by atoms with Gasteiger partial charge in [0.25, 0.3) is 0 Å². The molecule has 0 saturated carbocycles. The fraction of sp³-hybridized carbons (Fsp3) is 0.643.